The fraction of sp³-hybridized carbons (Fsp3) is 0.167. The maximum atomic E-state index is 12.0. The van der Waals surface area contributed by atoms with Crippen LogP contribution in [0.4, 0.5) is 17.1 Å². The van der Waals surface area contributed by atoms with Gasteiger partial charge in [-0.1, -0.05) is 17.7 Å². The van der Waals surface area contributed by atoms with Gasteiger partial charge in [-0.15, -0.1) is 0 Å². The molecule has 0 unspecified atom stereocenters. The van der Waals surface area contributed by atoms with Gasteiger partial charge in [0.2, 0.25) is 0 Å². The molecule has 0 bridgehead atoms. The zero-order valence-electron chi connectivity index (χ0n) is 13.8. The Morgan fingerprint density at radius 2 is 1.96 bits per heavy atom. The van der Waals surface area contributed by atoms with E-state index in [9.17, 15) is 14.9 Å². The van der Waals surface area contributed by atoms with Crippen molar-refractivity contribution in [2.45, 2.75) is 13.8 Å². The van der Waals surface area contributed by atoms with Crippen molar-refractivity contribution >= 4 is 33.9 Å². The van der Waals surface area contributed by atoms with Crippen molar-refractivity contribution in [2.24, 2.45) is 0 Å². The average molecular weight is 339 g/mol. The smallest absolute Gasteiger partial charge is 0.354 e. The Labute approximate surface area is 143 Å². The lowest BCUT2D eigenvalue weighted by atomic mass is 10.1. The quantitative estimate of drug-likeness (QED) is 0.410. The Morgan fingerprint density at radius 3 is 2.60 bits per heavy atom. The van der Waals surface area contributed by atoms with Crippen LogP contribution >= 0.6 is 0 Å². The molecule has 25 heavy (non-hydrogen) atoms. The second kappa shape index (κ2) is 6.64. The first-order valence-electron chi connectivity index (χ1n) is 7.80. The van der Waals surface area contributed by atoms with Gasteiger partial charge in [-0.05, 0) is 38.1 Å². The van der Waals surface area contributed by atoms with E-state index in [1.165, 1.54) is 6.07 Å². The zero-order chi connectivity index (χ0) is 18.0. The van der Waals surface area contributed by atoms with Gasteiger partial charge in [0.05, 0.1) is 11.5 Å². The highest BCUT2D eigenvalue weighted by atomic mass is 16.6. The number of anilines is 2. The molecule has 2 aromatic carbocycles. The lowest BCUT2D eigenvalue weighted by Crippen LogP contribution is -2.04. The number of ether oxygens (including phenoxy) is 1. The second-order valence-corrected chi connectivity index (χ2v) is 5.57. The summed E-state index contributed by atoms with van der Waals surface area (Å²) >= 11 is 0. The number of carbonyl (C=O) groups is 1. The number of aryl methyl sites for hydroxylation is 1. The van der Waals surface area contributed by atoms with Crippen LogP contribution in [0.1, 0.15) is 23.0 Å². The zero-order valence-corrected chi connectivity index (χ0v) is 13.8. The molecule has 2 N–H and O–H groups in total. The number of nitro groups is 1. The van der Waals surface area contributed by atoms with Gasteiger partial charge < -0.3 is 15.0 Å². The molecule has 0 spiro atoms. The SMILES string of the molecule is CCOC(=O)c1cc2c(Nc3ccc(C)cc3)ccc([N+](=O)[O-])c2[nH]1. The molecule has 0 saturated heterocycles. The van der Waals surface area contributed by atoms with E-state index in [4.69, 9.17) is 4.74 Å². The molecule has 3 rings (SSSR count). The Bertz CT molecular complexity index is 945. The topological polar surface area (TPSA) is 97.3 Å². The van der Waals surface area contributed by atoms with Crippen LogP contribution in [-0.4, -0.2) is 22.5 Å². The van der Waals surface area contributed by atoms with Crippen molar-refractivity contribution in [3.63, 3.8) is 0 Å². The lowest BCUT2D eigenvalue weighted by Gasteiger charge is -2.08. The molecule has 3 aromatic rings. The van der Waals surface area contributed by atoms with Crippen molar-refractivity contribution < 1.29 is 14.5 Å². The summed E-state index contributed by atoms with van der Waals surface area (Å²) in [7, 11) is 0. The monoisotopic (exact) mass is 339 g/mol. The predicted molar refractivity (Wildman–Crippen MR) is 95.4 cm³/mol. The van der Waals surface area contributed by atoms with Gasteiger partial charge in [0.1, 0.15) is 11.2 Å². The number of nitrogens with zero attached hydrogens (tertiary/aromatic N) is 1. The molecule has 0 aliphatic rings. The first-order valence-corrected chi connectivity index (χ1v) is 7.80. The van der Waals surface area contributed by atoms with Crippen LogP contribution in [0, 0.1) is 17.0 Å². The highest BCUT2D eigenvalue weighted by molar-refractivity contribution is 6.04. The second-order valence-electron chi connectivity index (χ2n) is 5.57. The number of carbonyl (C=O) groups excluding carboxylic acids is 1. The molecule has 0 radical (unpaired) electrons. The number of H-pyrrole nitrogens is 1. The number of esters is 1. The van der Waals surface area contributed by atoms with Crippen LogP contribution < -0.4 is 5.32 Å². The predicted octanol–water partition coefficient (Wildman–Crippen LogP) is 4.30. The van der Waals surface area contributed by atoms with Crippen LogP contribution in [-0.2, 0) is 4.74 Å². The largest absolute Gasteiger partial charge is 0.461 e. The summed E-state index contributed by atoms with van der Waals surface area (Å²) in [6, 6.07) is 12.4. The van der Waals surface area contributed by atoms with Gasteiger partial charge in [-0.25, -0.2) is 4.79 Å². The Balaban J connectivity index is 2.09. The van der Waals surface area contributed by atoms with E-state index in [0.717, 1.165) is 11.3 Å². The number of aromatic amines is 1. The molecule has 1 aromatic heterocycles. The number of rotatable bonds is 5. The van der Waals surface area contributed by atoms with Crippen LogP contribution in [0.3, 0.4) is 0 Å². The van der Waals surface area contributed by atoms with Gasteiger partial charge >= 0.3 is 5.97 Å². The summed E-state index contributed by atoms with van der Waals surface area (Å²) < 4.78 is 4.97. The molecular weight excluding hydrogens is 322 g/mol. The summed E-state index contributed by atoms with van der Waals surface area (Å²) in [5, 5.41) is 15.1. The first kappa shape index (κ1) is 16.5. The standard InChI is InChI=1S/C18H17N3O4/c1-3-25-18(22)15-10-13-14(19-12-6-4-11(2)5-7-12)8-9-16(21(23)24)17(13)20-15/h4-10,19-20H,3H2,1-2H3. The molecule has 1 heterocycles. The first-order chi connectivity index (χ1) is 12.0. The third-order valence-electron chi connectivity index (χ3n) is 3.79. The summed E-state index contributed by atoms with van der Waals surface area (Å²) in [5.41, 5.74) is 3.00. The van der Waals surface area contributed by atoms with E-state index in [2.05, 4.69) is 10.3 Å². The Hall–Kier alpha value is -3.35. The summed E-state index contributed by atoms with van der Waals surface area (Å²) in [5.74, 6) is -0.547. The maximum Gasteiger partial charge on any atom is 0.354 e. The fourth-order valence-electron chi connectivity index (χ4n) is 2.58. The van der Waals surface area contributed by atoms with E-state index in [1.807, 2.05) is 31.2 Å². The molecule has 7 nitrogen and oxygen atoms in total. The van der Waals surface area contributed by atoms with Crippen molar-refractivity contribution in [1.29, 1.82) is 0 Å². The van der Waals surface area contributed by atoms with E-state index < -0.39 is 10.9 Å². The van der Waals surface area contributed by atoms with Gasteiger partial charge in [0, 0.05) is 22.8 Å². The molecule has 0 aliphatic carbocycles. The minimum absolute atomic E-state index is 0.0972. The van der Waals surface area contributed by atoms with Crippen molar-refractivity contribution in [2.75, 3.05) is 11.9 Å². The van der Waals surface area contributed by atoms with Gasteiger partial charge in [0.25, 0.3) is 5.69 Å². The number of benzene rings is 2. The molecular formula is C18H17N3O4. The number of hydrogen-bond donors (Lipinski definition) is 2. The fourth-order valence-corrected chi connectivity index (χ4v) is 2.58. The maximum absolute atomic E-state index is 12.0. The van der Waals surface area contributed by atoms with Gasteiger partial charge in [0.15, 0.2) is 0 Å². The summed E-state index contributed by atoms with van der Waals surface area (Å²) in [4.78, 5) is 25.6. The molecule has 7 heteroatoms. The van der Waals surface area contributed by atoms with E-state index in [1.54, 1.807) is 19.1 Å². The van der Waals surface area contributed by atoms with Crippen LogP contribution in [0.25, 0.3) is 10.9 Å². The van der Waals surface area contributed by atoms with E-state index in [-0.39, 0.29) is 23.5 Å². The normalized spacial score (nSPS) is 10.6. The number of nitrogens with one attached hydrogen (secondary N) is 2. The van der Waals surface area contributed by atoms with Crippen LogP contribution in [0.15, 0.2) is 42.5 Å². The van der Waals surface area contributed by atoms with Gasteiger partial charge in [-0.2, -0.15) is 0 Å². The number of nitro benzene ring substituents is 1. The van der Waals surface area contributed by atoms with E-state index in [0.29, 0.717) is 11.1 Å². The number of hydrogen-bond acceptors (Lipinski definition) is 5. The Morgan fingerprint density at radius 1 is 1.24 bits per heavy atom. The van der Waals surface area contributed by atoms with Crippen molar-refractivity contribution in [3.05, 3.63) is 63.8 Å². The molecule has 128 valence electrons. The number of fused-ring (bicyclic) bond motifs is 1. The molecule has 0 amide bonds. The number of aromatic nitrogens is 1. The minimum Gasteiger partial charge on any atom is -0.461 e. The van der Waals surface area contributed by atoms with E-state index >= 15 is 0 Å². The average Bonchev–Trinajstić information content (AvgIpc) is 3.03. The van der Waals surface area contributed by atoms with Gasteiger partial charge in [-0.3, -0.25) is 10.1 Å². The Kier molecular flexibility index (Phi) is 4.38. The summed E-state index contributed by atoms with van der Waals surface area (Å²) in [6.45, 7) is 3.92. The van der Waals surface area contributed by atoms with Crippen molar-refractivity contribution in [1.82, 2.24) is 4.98 Å². The summed E-state index contributed by atoms with van der Waals surface area (Å²) in [6.07, 6.45) is 0. The van der Waals surface area contributed by atoms with Crippen molar-refractivity contribution in [3.8, 4) is 0 Å². The molecule has 0 fully saturated rings. The number of non-ortho nitro benzene ring substituents is 1. The minimum atomic E-state index is -0.547. The van der Waals surface area contributed by atoms with Crippen LogP contribution in [0.5, 0.6) is 0 Å². The molecule has 0 saturated carbocycles. The molecule has 0 aliphatic heterocycles. The third kappa shape index (κ3) is 3.30. The van der Waals surface area contributed by atoms with Crippen LogP contribution in [0.2, 0.25) is 0 Å². The third-order valence-corrected chi connectivity index (χ3v) is 3.79. The highest BCUT2D eigenvalue weighted by Gasteiger charge is 2.20. The highest BCUT2D eigenvalue weighted by Crippen LogP contribution is 2.33. The molecule has 0 atom stereocenters. The lowest BCUT2D eigenvalue weighted by molar-refractivity contribution is -0.383.